The number of nitrogens with zero attached hydrogens (tertiary/aromatic N) is 1. The minimum Gasteiger partial charge on any atom is -0.465 e. The first-order valence-electron chi connectivity index (χ1n) is 8.25. The van der Waals surface area contributed by atoms with Gasteiger partial charge in [-0.25, -0.2) is 14.7 Å². The molecule has 0 rings (SSSR count). The number of likely N-dealkylation sites (N-methyl/N-ethyl adjacent to an activating group) is 1. The van der Waals surface area contributed by atoms with Crippen LogP contribution in [0.15, 0.2) is 0 Å². The normalized spacial score (nSPS) is 14.0. The van der Waals surface area contributed by atoms with E-state index >= 15 is 0 Å². The summed E-state index contributed by atoms with van der Waals surface area (Å²) < 4.78 is 0. The summed E-state index contributed by atoms with van der Waals surface area (Å²) in [5, 5.41) is 34.8. The highest BCUT2D eigenvalue weighted by atomic mass is 16.7. The molecule has 0 saturated carbocycles. The highest BCUT2D eigenvalue weighted by molar-refractivity contribution is 5.91. The van der Waals surface area contributed by atoms with E-state index in [9.17, 15) is 24.3 Å². The van der Waals surface area contributed by atoms with Crippen LogP contribution in [0.3, 0.4) is 0 Å². The number of amides is 4. The molecule has 4 amide bonds. The van der Waals surface area contributed by atoms with Crippen LogP contribution in [0.4, 0.5) is 9.59 Å². The van der Waals surface area contributed by atoms with Gasteiger partial charge in [0.25, 0.3) is 5.91 Å². The molecular weight excluding hydrogens is 364 g/mol. The van der Waals surface area contributed by atoms with Gasteiger partial charge in [0.05, 0.1) is 13.2 Å². The summed E-state index contributed by atoms with van der Waals surface area (Å²) in [4.78, 5) is 50.9. The number of carboxylic acid groups (broad SMARTS) is 2. The van der Waals surface area contributed by atoms with Gasteiger partial charge >= 0.3 is 12.2 Å². The molecule has 0 radical (unpaired) electrons. The molecule has 0 spiro atoms. The van der Waals surface area contributed by atoms with Crippen LogP contribution in [-0.2, 0) is 14.4 Å². The molecular formula is C15H28N4O8. The molecule has 0 heterocycles. The molecule has 3 unspecified atom stereocenters. The third-order valence-corrected chi connectivity index (χ3v) is 3.69. The second kappa shape index (κ2) is 11.9. The van der Waals surface area contributed by atoms with Crippen molar-refractivity contribution in [2.45, 2.75) is 44.9 Å². The lowest BCUT2D eigenvalue weighted by atomic mass is 10.0. The van der Waals surface area contributed by atoms with E-state index in [4.69, 9.17) is 15.1 Å². The topological polar surface area (TPSA) is 178 Å². The van der Waals surface area contributed by atoms with Crippen molar-refractivity contribution in [3.63, 3.8) is 0 Å². The SMILES string of the molecule is CON(C)C(=O)C(NC(=O)C(CC(O)CCNC(=O)O)NC(=O)O)C(C)C. The number of aliphatic hydroxyl groups is 1. The summed E-state index contributed by atoms with van der Waals surface area (Å²) in [5.74, 6) is -1.63. The largest absolute Gasteiger partial charge is 0.465 e. The van der Waals surface area contributed by atoms with Gasteiger partial charge in [-0.15, -0.1) is 0 Å². The molecule has 0 bridgehead atoms. The van der Waals surface area contributed by atoms with Crippen molar-refractivity contribution >= 4 is 24.0 Å². The van der Waals surface area contributed by atoms with Gasteiger partial charge in [0.15, 0.2) is 0 Å². The first-order valence-corrected chi connectivity index (χ1v) is 8.25. The van der Waals surface area contributed by atoms with Crippen LogP contribution in [0.25, 0.3) is 0 Å². The zero-order chi connectivity index (χ0) is 21.1. The zero-order valence-corrected chi connectivity index (χ0v) is 15.8. The third kappa shape index (κ3) is 9.61. The summed E-state index contributed by atoms with van der Waals surface area (Å²) in [7, 11) is 2.66. The summed E-state index contributed by atoms with van der Waals surface area (Å²) >= 11 is 0. The fourth-order valence-corrected chi connectivity index (χ4v) is 2.17. The molecule has 156 valence electrons. The Bertz CT molecular complexity index is 528. The first kappa shape index (κ1) is 24.4. The van der Waals surface area contributed by atoms with E-state index in [2.05, 4.69) is 10.6 Å². The Kier molecular flexibility index (Phi) is 10.8. The van der Waals surface area contributed by atoms with Gasteiger partial charge < -0.3 is 31.3 Å². The van der Waals surface area contributed by atoms with Crippen LogP contribution >= 0.6 is 0 Å². The van der Waals surface area contributed by atoms with Gasteiger partial charge in [0, 0.05) is 20.0 Å². The van der Waals surface area contributed by atoms with E-state index in [1.54, 1.807) is 13.8 Å². The molecule has 27 heavy (non-hydrogen) atoms. The van der Waals surface area contributed by atoms with Gasteiger partial charge in [-0.2, -0.15) is 0 Å². The van der Waals surface area contributed by atoms with Crippen molar-refractivity contribution in [3.8, 4) is 0 Å². The van der Waals surface area contributed by atoms with Crippen molar-refractivity contribution in [2.75, 3.05) is 20.7 Å². The lowest BCUT2D eigenvalue weighted by molar-refractivity contribution is -0.172. The predicted octanol–water partition coefficient (Wildman–Crippen LogP) is -0.808. The highest BCUT2D eigenvalue weighted by Crippen LogP contribution is 2.08. The van der Waals surface area contributed by atoms with Crippen LogP contribution in [0.5, 0.6) is 0 Å². The molecule has 0 aliphatic heterocycles. The van der Waals surface area contributed by atoms with Gasteiger partial charge in [0.2, 0.25) is 5.91 Å². The standard InChI is InChI=1S/C15H28N4O8/c1-8(2)11(13(22)19(3)27-4)18-12(21)10(17-15(25)26)7-9(20)5-6-16-14(23)24/h8-11,16-17,20H,5-7H2,1-4H3,(H,18,21)(H,23,24)(H,25,26). The average Bonchev–Trinajstić information content (AvgIpc) is 2.56. The van der Waals surface area contributed by atoms with Crippen LogP contribution in [0.1, 0.15) is 26.7 Å². The van der Waals surface area contributed by atoms with Crippen LogP contribution in [-0.4, -0.2) is 83.3 Å². The summed E-state index contributed by atoms with van der Waals surface area (Å²) in [6, 6.07) is -2.30. The van der Waals surface area contributed by atoms with E-state index in [1.165, 1.54) is 14.2 Å². The Labute approximate surface area is 156 Å². The predicted molar refractivity (Wildman–Crippen MR) is 92.8 cm³/mol. The van der Waals surface area contributed by atoms with E-state index in [0.717, 1.165) is 5.06 Å². The lowest BCUT2D eigenvalue weighted by Crippen LogP contribution is -2.56. The quantitative estimate of drug-likeness (QED) is 0.247. The van der Waals surface area contributed by atoms with Crippen molar-refractivity contribution in [3.05, 3.63) is 0 Å². The van der Waals surface area contributed by atoms with Crippen molar-refractivity contribution in [1.82, 2.24) is 21.0 Å². The molecule has 3 atom stereocenters. The number of nitrogens with one attached hydrogen (secondary N) is 3. The number of carbonyl (C=O) groups excluding carboxylic acids is 2. The zero-order valence-electron chi connectivity index (χ0n) is 15.8. The number of aliphatic hydroxyl groups excluding tert-OH is 1. The summed E-state index contributed by atoms with van der Waals surface area (Å²) in [5.41, 5.74) is 0. The monoisotopic (exact) mass is 392 g/mol. The van der Waals surface area contributed by atoms with Crippen molar-refractivity contribution in [2.24, 2.45) is 5.92 Å². The van der Waals surface area contributed by atoms with Crippen molar-refractivity contribution in [1.29, 1.82) is 0 Å². The Morgan fingerprint density at radius 3 is 2.11 bits per heavy atom. The Hall–Kier alpha value is -2.60. The number of carbonyl (C=O) groups is 4. The maximum Gasteiger partial charge on any atom is 0.405 e. The molecule has 0 aromatic rings. The second-order valence-corrected chi connectivity index (χ2v) is 6.16. The Balaban J connectivity index is 5.04. The van der Waals surface area contributed by atoms with Crippen LogP contribution < -0.4 is 16.0 Å². The maximum absolute atomic E-state index is 12.5. The molecule has 0 aliphatic rings. The van der Waals surface area contributed by atoms with Gasteiger partial charge in [-0.05, 0) is 12.3 Å². The number of hydrogen-bond acceptors (Lipinski definition) is 6. The molecule has 0 aromatic carbocycles. The van der Waals surface area contributed by atoms with E-state index in [-0.39, 0.29) is 25.3 Å². The lowest BCUT2D eigenvalue weighted by Gasteiger charge is -2.28. The minimum atomic E-state index is -1.48. The number of rotatable bonds is 11. The van der Waals surface area contributed by atoms with Gasteiger partial charge in [0.1, 0.15) is 12.1 Å². The number of hydroxylamine groups is 2. The van der Waals surface area contributed by atoms with E-state index in [1.807, 2.05) is 5.32 Å². The molecule has 6 N–H and O–H groups in total. The third-order valence-electron chi connectivity index (χ3n) is 3.69. The first-order chi connectivity index (χ1) is 12.5. The Morgan fingerprint density at radius 1 is 1.07 bits per heavy atom. The summed E-state index contributed by atoms with van der Waals surface area (Å²) in [6.07, 6.45) is -4.20. The average molecular weight is 392 g/mol. The van der Waals surface area contributed by atoms with E-state index in [0.29, 0.717) is 0 Å². The molecule has 0 aliphatic carbocycles. The summed E-state index contributed by atoms with van der Waals surface area (Å²) in [6.45, 7) is 3.32. The Morgan fingerprint density at radius 2 is 1.67 bits per heavy atom. The molecule has 0 saturated heterocycles. The fraction of sp³-hybridized carbons (Fsp3) is 0.733. The smallest absolute Gasteiger partial charge is 0.405 e. The van der Waals surface area contributed by atoms with Crippen LogP contribution in [0.2, 0.25) is 0 Å². The minimum absolute atomic E-state index is 0.0175. The second-order valence-electron chi connectivity index (χ2n) is 6.16. The van der Waals surface area contributed by atoms with Gasteiger partial charge in [-0.1, -0.05) is 13.8 Å². The molecule has 0 fully saturated rings. The molecule has 0 aromatic heterocycles. The fourth-order valence-electron chi connectivity index (χ4n) is 2.17. The number of hydrogen-bond donors (Lipinski definition) is 6. The molecule has 12 heteroatoms. The maximum atomic E-state index is 12.5. The van der Waals surface area contributed by atoms with Crippen LogP contribution in [0, 0.1) is 5.92 Å². The highest BCUT2D eigenvalue weighted by Gasteiger charge is 2.31. The molecule has 12 nitrogen and oxygen atoms in total. The van der Waals surface area contributed by atoms with Crippen molar-refractivity contribution < 1.29 is 39.3 Å². The van der Waals surface area contributed by atoms with E-state index < -0.39 is 42.2 Å². The van der Waals surface area contributed by atoms with Gasteiger partial charge in [-0.3, -0.25) is 14.4 Å².